The van der Waals surface area contributed by atoms with Crippen molar-refractivity contribution in [2.45, 2.75) is 12.8 Å². The highest BCUT2D eigenvalue weighted by atomic mass is 15.1. The monoisotopic (exact) mass is 327 g/mol. The molecule has 0 aromatic heterocycles. The maximum atomic E-state index is 2.30. The lowest BCUT2D eigenvalue weighted by atomic mass is 10.0. The summed E-state index contributed by atoms with van der Waals surface area (Å²) in [6.45, 7) is 0. The molecule has 132 valence electrons. The lowest BCUT2D eigenvalue weighted by Crippen LogP contribution is -2.10. The number of hydrogen-bond acceptors (Lipinski definition) is 3. The van der Waals surface area contributed by atoms with Crippen molar-refractivity contribution in [3.63, 3.8) is 0 Å². The molecule has 0 spiro atoms. The lowest BCUT2D eigenvalue weighted by Gasteiger charge is -2.21. The minimum atomic E-state index is 1.14. The molecule has 1 heterocycles. The van der Waals surface area contributed by atoms with Gasteiger partial charge in [-0.1, -0.05) is 36.4 Å². The van der Waals surface area contributed by atoms with Crippen LogP contribution in [0.3, 0.4) is 0 Å². The van der Waals surface area contributed by atoms with Crippen molar-refractivity contribution >= 4 is 11.4 Å². The van der Waals surface area contributed by atoms with E-state index in [-0.39, 0.29) is 0 Å². The van der Waals surface area contributed by atoms with E-state index in [0.717, 1.165) is 12.8 Å². The predicted molar refractivity (Wildman–Crippen MR) is 108 cm³/mol. The highest BCUT2D eigenvalue weighted by molar-refractivity contribution is 5.70. The molecular formula is C21H33N3. The van der Waals surface area contributed by atoms with Crippen molar-refractivity contribution in [1.82, 2.24) is 9.80 Å². The van der Waals surface area contributed by atoms with Crippen molar-refractivity contribution in [2.24, 2.45) is 0 Å². The molecule has 3 heteroatoms. The van der Waals surface area contributed by atoms with Crippen molar-refractivity contribution in [3.8, 4) is 0 Å². The fourth-order valence-electron chi connectivity index (χ4n) is 2.50. The standard InChI is InChI=1S/C15H15N.2C3H9N/c1-16-14-8-4-2-6-12(14)10-11-13-7-3-5-9-15(13)16;2*1-4(2)3/h2-9H,10-11H2,1H3;2*1-3H3. The fraction of sp³-hybridized carbons (Fsp3) is 0.429. The Kier molecular flexibility index (Phi) is 8.51. The van der Waals surface area contributed by atoms with Gasteiger partial charge in [0.05, 0.1) is 0 Å². The third-order valence-electron chi connectivity index (χ3n) is 3.37. The van der Waals surface area contributed by atoms with Crippen LogP contribution in [-0.2, 0) is 12.8 Å². The molecule has 3 nitrogen and oxygen atoms in total. The molecule has 1 aliphatic rings. The molecule has 0 amide bonds. The molecule has 0 N–H and O–H groups in total. The van der Waals surface area contributed by atoms with Crippen LogP contribution in [-0.4, -0.2) is 59.1 Å². The van der Waals surface area contributed by atoms with E-state index in [4.69, 9.17) is 0 Å². The summed E-state index contributed by atoms with van der Waals surface area (Å²) < 4.78 is 0. The van der Waals surface area contributed by atoms with Crippen molar-refractivity contribution < 1.29 is 0 Å². The average Bonchev–Trinajstić information content (AvgIpc) is 2.65. The highest BCUT2D eigenvalue weighted by Crippen LogP contribution is 2.34. The van der Waals surface area contributed by atoms with Gasteiger partial charge in [-0.25, -0.2) is 0 Å². The predicted octanol–water partition coefficient (Wildman–Crippen LogP) is 3.91. The van der Waals surface area contributed by atoms with Crippen LogP contribution in [0.5, 0.6) is 0 Å². The summed E-state index contributed by atoms with van der Waals surface area (Å²) in [5, 5.41) is 0. The maximum Gasteiger partial charge on any atom is 0.0440 e. The lowest BCUT2D eigenvalue weighted by molar-refractivity contribution is 0.505. The van der Waals surface area contributed by atoms with Gasteiger partial charge in [-0.3, -0.25) is 0 Å². The summed E-state index contributed by atoms with van der Waals surface area (Å²) in [5.41, 5.74) is 5.57. The number of rotatable bonds is 0. The summed E-state index contributed by atoms with van der Waals surface area (Å²) in [4.78, 5) is 6.30. The minimum absolute atomic E-state index is 1.14. The molecule has 1 aliphatic heterocycles. The Balaban J connectivity index is 0.000000306. The van der Waals surface area contributed by atoms with Crippen LogP contribution in [0.4, 0.5) is 11.4 Å². The molecule has 0 fully saturated rings. The van der Waals surface area contributed by atoms with E-state index in [1.165, 1.54) is 22.5 Å². The smallest absolute Gasteiger partial charge is 0.0440 e. The Morgan fingerprint density at radius 1 is 0.625 bits per heavy atom. The normalized spacial score (nSPS) is 12.3. The average molecular weight is 328 g/mol. The Labute approximate surface area is 148 Å². The van der Waals surface area contributed by atoms with Crippen molar-refractivity contribution in [1.29, 1.82) is 0 Å². The number of anilines is 2. The first kappa shape index (κ1) is 20.2. The topological polar surface area (TPSA) is 9.72 Å². The highest BCUT2D eigenvalue weighted by Gasteiger charge is 2.16. The zero-order valence-corrected chi connectivity index (χ0v) is 16.4. The van der Waals surface area contributed by atoms with E-state index in [1.807, 2.05) is 52.1 Å². The van der Waals surface area contributed by atoms with Gasteiger partial charge in [0.25, 0.3) is 0 Å². The number of hydrogen-bond donors (Lipinski definition) is 0. The van der Waals surface area contributed by atoms with E-state index >= 15 is 0 Å². The van der Waals surface area contributed by atoms with Crippen molar-refractivity contribution in [3.05, 3.63) is 59.7 Å². The van der Waals surface area contributed by atoms with E-state index in [1.54, 1.807) is 0 Å². The van der Waals surface area contributed by atoms with E-state index in [2.05, 4.69) is 60.5 Å². The molecule has 0 saturated heterocycles. The molecule has 0 aliphatic carbocycles. The van der Waals surface area contributed by atoms with Gasteiger partial charge in [0.1, 0.15) is 0 Å². The first-order valence-corrected chi connectivity index (χ1v) is 8.44. The molecule has 0 unspecified atom stereocenters. The summed E-state index contributed by atoms with van der Waals surface area (Å²) in [7, 11) is 14.2. The third-order valence-corrected chi connectivity index (χ3v) is 3.37. The molecule has 0 radical (unpaired) electrons. The molecule has 2 aromatic rings. The van der Waals surface area contributed by atoms with Crippen LogP contribution in [0.25, 0.3) is 0 Å². The van der Waals surface area contributed by atoms with Crippen molar-refractivity contribution in [2.75, 3.05) is 54.2 Å². The Morgan fingerprint density at radius 2 is 0.917 bits per heavy atom. The van der Waals surface area contributed by atoms with Crippen LogP contribution >= 0.6 is 0 Å². The second-order valence-electron chi connectivity index (χ2n) is 7.00. The van der Waals surface area contributed by atoms with Gasteiger partial charge < -0.3 is 14.7 Å². The van der Waals surface area contributed by atoms with E-state index < -0.39 is 0 Å². The second kappa shape index (κ2) is 10.1. The summed E-state index contributed by atoms with van der Waals surface area (Å²) in [6, 6.07) is 17.4. The molecule has 0 bridgehead atoms. The van der Waals surface area contributed by atoms with E-state index in [9.17, 15) is 0 Å². The fourth-order valence-corrected chi connectivity index (χ4v) is 2.50. The number of fused-ring (bicyclic) bond motifs is 2. The quantitative estimate of drug-likeness (QED) is 0.726. The summed E-state index contributed by atoms with van der Waals surface area (Å²) in [5.74, 6) is 0. The van der Waals surface area contributed by atoms with E-state index in [0.29, 0.717) is 0 Å². The number of benzene rings is 2. The molecule has 2 aromatic carbocycles. The Hall–Kier alpha value is -1.84. The van der Waals surface area contributed by atoms with Crippen LogP contribution in [0.15, 0.2) is 48.5 Å². The zero-order chi connectivity index (χ0) is 18.1. The van der Waals surface area contributed by atoms with Crippen LogP contribution in [0.1, 0.15) is 11.1 Å². The molecule has 0 saturated carbocycles. The largest absolute Gasteiger partial charge is 0.344 e. The number of aryl methyl sites for hydroxylation is 2. The van der Waals surface area contributed by atoms with Gasteiger partial charge >= 0.3 is 0 Å². The molecule has 0 atom stereocenters. The number of para-hydroxylation sites is 2. The Bertz CT molecular complexity index is 547. The summed E-state index contributed by atoms with van der Waals surface area (Å²) >= 11 is 0. The van der Waals surface area contributed by atoms with Crippen LogP contribution in [0, 0.1) is 0 Å². The van der Waals surface area contributed by atoms with Crippen LogP contribution < -0.4 is 4.90 Å². The second-order valence-corrected chi connectivity index (χ2v) is 7.00. The molecule has 3 rings (SSSR count). The van der Waals surface area contributed by atoms with Gasteiger partial charge in [-0.05, 0) is 78.4 Å². The van der Waals surface area contributed by atoms with Gasteiger partial charge in [-0.15, -0.1) is 0 Å². The van der Waals surface area contributed by atoms with Gasteiger partial charge in [0, 0.05) is 18.4 Å². The molecular weight excluding hydrogens is 294 g/mol. The Morgan fingerprint density at radius 3 is 1.25 bits per heavy atom. The van der Waals surface area contributed by atoms with Gasteiger partial charge in [0.15, 0.2) is 0 Å². The SMILES string of the molecule is CN(C)C.CN(C)C.CN1c2ccccc2CCc2ccccc21. The first-order chi connectivity index (χ1) is 11.3. The van der Waals surface area contributed by atoms with Gasteiger partial charge in [0.2, 0.25) is 0 Å². The number of nitrogens with zero attached hydrogens (tertiary/aromatic N) is 3. The van der Waals surface area contributed by atoms with Gasteiger partial charge in [-0.2, -0.15) is 0 Å². The summed E-state index contributed by atoms with van der Waals surface area (Å²) in [6.07, 6.45) is 2.27. The van der Waals surface area contributed by atoms with Crippen LogP contribution in [0.2, 0.25) is 0 Å². The molecule has 24 heavy (non-hydrogen) atoms. The zero-order valence-electron chi connectivity index (χ0n) is 16.4. The maximum absolute atomic E-state index is 2.30. The first-order valence-electron chi connectivity index (χ1n) is 8.44. The third kappa shape index (κ3) is 6.73. The minimum Gasteiger partial charge on any atom is -0.344 e.